The van der Waals surface area contributed by atoms with Crippen LogP contribution in [0.4, 0.5) is 0 Å². The lowest BCUT2D eigenvalue weighted by atomic mass is 10.0. The molecular weight excluding hydrogens is 384 g/mol. The Bertz CT molecular complexity index is 995. The highest BCUT2D eigenvalue weighted by atomic mass is 35.5. The molecule has 2 N–H and O–H groups in total. The predicted octanol–water partition coefficient (Wildman–Crippen LogP) is 4.19. The maximum atomic E-state index is 12.9. The molecule has 5 nitrogen and oxygen atoms in total. The topological polar surface area (TPSA) is 64.2 Å². The van der Waals surface area contributed by atoms with Crippen LogP contribution in [-0.4, -0.2) is 27.6 Å². The molecular formula is C23H29ClN4O. The van der Waals surface area contributed by atoms with Crippen LogP contribution >= 0.6 is 12.4 Å². The smallest absolute Gasteiger partial charge is 0.244 e. The van der Waals surface area contributed by atoms with Gasteiger partial charge >= 0.3 is 0 Å². The Morgan fingerprint density at radius 1 is 1.07 bits per heavy atom. The quantitative estimate of drug-likeness (QED) is 0.683. The Labute approximate surface area is 178 Å². The van der Waals surface area contributed by atoms with Gasteiger partial charge in [-0.1, -0.05) is 48.0 Å². The normalized spacial score (nSPS) is 11.7. The number of amides is 1. The fourth-order valence-electron chi connectivity index (χ4n) is 3.41. The van der Waals surface area contributed by atoms with E-state index in [0.717, 1.165) is 39.3 Å². The second kappa shape index (κ2) is 9.25. The lowest BCUT2D eigenvalue weighted by molar-refractivity contribution is -0.132. The highest BCUT2D eigenvalue weighted by Gasteiger charge is 2.22. The zero-order valence-corrected chi connectivity index (χ0v) is 18.5. The van der Waals surface area contributed by atoms with E-state index in [-0.39, 0.29) is 18.3 Å². The molecule has 29 heavy (non-hydrogen) atoms. The molecule has 0 fully saturated rings. The number of nitrogens with zero attached hydrogens (tertiary/aromatic N) is 3. The largest absolute Gasteiger partial charge is 0.340 e. The number of rotatable bonds is 5. The van der Waals surface area contributed by atoms with Crippen LogP contribution in [0.1, 0.15) is 39.7 Å². The van der Waals surface area contributed by atoms with Crippen LogP contribution in [0, 0.1) is 27.7 Å². The Hall–Kier alpha value is -2.63. The monoisotopic (exact) mass is 412 g/mol. The SMILES string of the molecule is Cc1ccc(C(N)C(=O)N(C)Cc2c(C)nn(-c3ccccc3C)c2C)cc1.Cl. The van der Waals surface area contributed by atoms with Gasteiger partial charge < -0.3 is 10.6 Å². The van der Waals surface area contributed by atoms with E-state index in [4.69, 9.17) is 10.8 Å². The molecule has 0 saturated heterocycles. The molecule has 3 aromatic rings. The number of carbonyl (C=O) groups is 1. The molecule has 6 heteroatoms. The van der Waals surface area contributed by atoms with Gasteiger partial charge in [0.2, 0.25) is 5.91 Å². The summed E-state index contributed by atoms with van der Waals surface area (Å²) in [6.07, 6.45) is 0. The zero-order chi connectivity index (χ0) is 20.4. The number of hydrogen-bond donors (Lipinski definition) is 1. The fraction of sp³-hybridized carbons (Fsp3) is 0.304. The maximum absolute atomic E-state index is 12.9. The van der Waals surface area contributed by atoms with Crippen molar-refractivity contribution >= 4 is 18.3 Å². The minimum Gasteiger partial charge on any atom is -0.340 e. The van der Waals surface area contributed by atoms with Gasteiger partial charge in [-0.05, 0) is 44.9 Å². The molecule has 0 aliphatic carbocycles. The van der Waals surface area contributed by atoms with E-state index in [1.807, 2.05) is 61.9 Å². The van der Waals surface area contributed by atoms with Crippen molar-refractivity contribution in [1.29, 1.82) is 0 Å². The number of nitrogens with two attached hydrogens (primary N) is 1. The number of carbonyl (C=O) groups excluding carboxylic acids is 1. The number of likely N-dealkylation sites (N-methyl/N-ethyl adjacent to an activating group) is 1. The molecule has 1 aromatic heterocycles. The van der Waals surface area contributed by atoms with E-state index in [9.17, 15) is 4.79 Å². The third-order valence-corrected chi connectivity index (χ3v) is 5.26. The van der Waals surface area contributed by atoms with Crippen molar-refractivity contribution in [2.75, 3.05) is 7.05 Å². The minimum atomic E-state index is -0.669. The van der Waals surface area contributed by atoms with Gasteiger partial charge in [-0.2, -0.15) is 5.10 Å². The van der Waals surface area contributed by atoms with Gasteiger partial charge in [-0.25, -0.2) is 4.68 Å². The molecule has 3 rings (SSSR count). The Morgan fingerprint density at radius 2 is 1.69 bits per heavy atom. The van der Waals surface area contributed by atoms with E-state index in [0.29, 0.717) is 6.54 Å². The third-order valence-electron chi connectivity index (χ3n) is 5.26. The first-order valence-electron chi connectivity index (χ1n) is 9.47. The summed E-state index contributed by atoms with van der Waals surface area (Å²) in [6, 6.07) is 15.3. The van der Waals surface area contributed by atoms with E-state index in [2.05, 4.69) is 19.1 Å². The second-order valence-electron chi connectivity index (χ2n) is 7.43. The van der Waals surface area contributed by atoms with Crippen molar-refractivity contribution in [3.63, 3.8) is 0 Å². The average molecular weight is 413 g/mol. The number of aromatic nitrogens is 2. The van der Waals surface area contributed by atoms with Gasteiger partial charge in [0.05, 0.1) is 11.4 Å². The van der Waals surface area contributed by atoms with Crippen molar-refractivity contribution in [2.45, 2.75) is 40.3 Å². The molecule has 0 saturated carbocycles. The fourth-order valence-corrected chi connectivity index (χ4v) is 3.41. The molecule has 0 aliphatic heterocycles. The summed E-state index contributed by atoms with van der Waals surface area (Å²) in [6.45, 7) is 8.58. The van der Waals surface area contributed by atoms with Crippen molar-refractivity contribution < 1.29 is 4.79 Å². The Balaban J connectivity index is 0.00000300. The number of hydrogen-bond acceptors (Lipinski definition) is 3. The first-order valence-corrected chi connectivity index (χ1v) is 9.47. The van der Waals surface area contributed by atoms with Gasteiger partial charge in [-0.15, -0.1) is 12.4 Å². The van der Waals surface area contributed by atoms with Crippen molar-refractivity contribution in [2.24, 2.45) is 5.73 Å². The third kappa shape index (κ3) is 4.69. The summed E-state index contributed by atoms with van der Waals surface area (Å²) >= 11 is 0. The maximum Gasteiger partial charge on any atom is 0.244 e. The molecule has 1 unspecified atom stereocenters. The molecule has 0 aliphatic rings. The first-order chi connectivity index (χ1) is 13.3. The summed E-state index contributed by atoms with van der Waals surface area (Å²) in [5, 5.41) is 4.71. The van der Waals surface area contributed by atoms with Crippen molar-refractivity contribution in [1.82, 2.24) is 14.7 Å². The number of halogens is 1. The van der Waals surface area contributed by atoms with Gasteiger partial charge in [-0.3, -0.25) is 4.79 Å². The highest BCUT2D eigenvalue weighted by molar-refractivity contribution is 5.85. The van der Waals surface area contributed by atoms with Crippen LogP contribution in [-0.2, 0) is 11.3 Å². The molecule has 1 amide bonds. The molecule has 0 radical (unpaired) electrons. The number of para-hydroxylation sites is 1. The summed E-state index contributed by atoms with van der Waals surface area (Å²) in [4.78, 5) is 14.5. The van der Waals surface area contributed by atoms with E-state index >= 15 is 0 Å². The van der Waals surface area contributed by atoms with Gasteiger partial charge in [0.1, 0.15) is 6.04 Å². The molecule has 154 valence electrons. The zero-order valence-electron chi connectivity index (χ0n) is 17.6. The Morgan fingerprint density at radius 3 is 2.31 bits per heavy atom. The first kappa shape index (κ1) is 22.7. The van der Waals surface area contributed by atoms with E-state index in [1.54, 1.807) is 11.9 Å². The van der Waals surface area contributed by atoms with E-state index < -0.39 is 6.04 Å². The summed E-state index contributed by atoms with van der Waals surface area (Å²) in [5.74, 6) is -0.105. The van der Waals surface area contributed by atoms with Crippen molar-refractivity contribution in [3.05, 3.63) is 82.2 Å². The van der Waals surface area contributed by atoms with Gasteiger partial charge in [0.15, 0.2) is 0 Å². The van der Waals surface area contributed by atoms with Gasteiger partial charge in [0.25, 0.3) is 0 Å². The summed E-state index contributed by atoms with van der Waals surface area (Å²) < 4.78 is 1.96. The van der Waals surface area contributed by atoms with Crippen LogP contribution in [0.2, 0.25) is 0 Å². The minimum absolute atomic E-state index is 0. The highest BCUT2D eigenvalue weighted by Crippen LogP contribution is 2.22. The van der Waals surface area contributed by atoms with Crippen LogP contribution in [0.5, 0.6) is 0 Å². The summed E-state index contributed by atoms with van der Waals surface area (Å²) in [5.41, 5.74) is 13.4. The number of benzene rings is 2. The van der Waals surface area contributed by atoms with Crippen LogP contribution < -0.4 is 5.73 Å². The Kier molecular flexibility index (Phi) is 7.22. The van der Waals surface area contributed by atoms with E-state index in [1.165, 1.54) is 0 Å². The molecule has 0 spiro atoms. The molecule has 1 atom stereocenters. The lowest BCUT2D eigenvalue weighted by Gasteiger charge is -2.22. The molecule has 0 bridgehead atoms. The van der Waals surface area contributed by atoms with Crippen LogP contribution in [0.15, 0.2) is 48.5 Å². The second-order valence-corrected chi connectivity index (χ2v) is 7.43. The van der Waals surface area contributed by atoms with Crippen molar-refractivity contribution in [3.8, 4) is 5.69 Å². The standard InChI is InChI=1S/C23H28N4O.ClH/c1-15-10-12-19(13-11-15)22(24)23(28)26(5)14-20-17(3)25-27(18(20)4)21-9-7-6-8-16(21)2;/h6-13,22H,14,24H2,1-5H3;1H. The molecule has 1 heterocycles. The molecule has 2 aromatic carbocycles. The summed E-state index contributed by atoms with van der Waals surface area (Å²) in [7, 11) is 1.79. The van der Waals surface area contributed by atoms with Crippen LogP contribution in [0.3, 0.4) is 0 Å². The lowest BCUT2D eigenvalue weighted by Crippen LogP contribution is -2.35. The predicted molar refractivity (Wildman–Crippen MR) is 120 cm³/mol. The average Bonchev–Trinajstić information content (AvgIpc) is 2.96. The number of aryl methyl sites for hydroxylation is 3. The van der Waals surface area contributed by atoms with Crippen LogP contribution in [0.25, 0.3) is 5.69 Å². The van der Waals surface area contributed by atoms with Gasteiger partial charge in [0, 0.05) is 24.8 Å².